The standard InChI is InChI=1S/C23H32N4O8/c28-17(24-14-6-2-4-8-23(34)35-27-21(32)11-12-22(27)33)7-3-1-5-15-25-18(29)13-16-26-19(30)9-10-20(26)31/h9-10H,1-8,11-16H2,(H,24,28)(H,25,29). The van der Waals surface area contributed by atoms with Gasteiger partial charge in [-0.3, -0.25) is 33.7 Å². The van der Waals surface area contributed by atoms with Crippen LogP contribution in [0.2, 0.25) is 0 Å². The Hall–Kier alpha value is -3.57. The number of amides is 6. The second-order valence-electron chi connectivity index (χ2n) is 8.28. The van der Waals surface area contributed by atoms with Crippen molar-refractivity contribution in [2.45, 2.75) is 70.6 Å². The molecule has 0 bridgehead atoms. The fraction of sp³-hybridized carbons (Fsp3) is 0.609. The SMILES string of the molecule is O=C(CCCCCNC(=O)CCN1C(=O)C=CC1=O)NCCCCCC(=O)ON1C(=O)CCC1=O. The predicted molar refractivity (Wildman–Crippen MR) is 121 cm³/mol. The average Bonchev–Trinajstić information content (AvgIpc) is 3.31. The zero-order chi connectivity index (χ0) is 25.6. The molecular formula is C23H32N4O8. The molecule has 1 saturated heterocycles. The molecule has 2 heterocycles. The van der Waals surface area contributed by atoms with E-state index in [0.29, 0.717) is 56.7 Å². The molecule has 35 heavy (non-hydrogen) atoms. The van der Waals surface area contributed by atoms with Crippen LogP contribution in [-0.4, -0.2) is 71.0 Å². The monoisotopic (exact) mass is 492 g/mol. The maximum absolute atomic E-state index is 11.9. The molecule has 0 spiro atoms. The third-order valence-electron chi connectivity index (χ3n) is 5.44. The molecule has 12 nitrogen and oxygen atoms in total. The lowest BCUT2D eigenvalue weighted by Gasteiger charge is -2.13. The molecule has 0 aromatic rings. The number of rotatable bonds is 16. The molecule has 6 amide bonds. The van der Waals surface area contributed by atoms with Crippen molar-refractivity contribution in [1.29, 1.82) is 0 Å². The summed E-state index contributed by atoms with van der Waals surface area (Å²) in [6, 6.07) is 0. The first-order chi connectivity index (χ1) is 16.8. The van der Waals surface area contributed by atoms with Gasteiger partial charge in [0.2, 0.25) is 11.8 Å². The third kappa shape index (κ3) is 10.1. The third-order valence-corrected chi connectivity index (χ3v) is 5.44. The van der Waals surface area contributed by atoms with Crippen LogP contribution in [-0.2, 0) is 38.4 Å². The van der Waals surface area contributed by atoms with Gasteiger partial charge in [0, 0.05) is 63.9 Å². The second kappa shape index (κ2) is 14.6. The van der Waals surface area contributed by atoms with Gasteiger partial charge in [-0.1, -0.05) is 12.8 Å². The molecule has 0 aromatic carbocycles. The number of hydrogen-bond donors (Lipinski definition) is 2. The summed E-state index contributed by atoms with van der Waals surface area (Å²) in [5, 5.41) is 6.08. The van der Waals surface area contributed by atoms with Gasteiger partial charge in [0.05, 0.1) is 0 Å². The maximum atomic E-state index is 11.9. The summed E-state index contributed by atoms with van der Waals surface area (Å²) < 4.78 is 0. The number of unbranched alkanes of at least 4 members (excludes halogenated alkanes) is 4. The Bertz CT molecular complexity index is 836. The van der Waals surface area contributed by atoms with Crippen LogP contribution in [0.5, 0.6) is 0 Å². The molecule has 2 aliphatic rings. The first-order valence-corrected chi connectivity index (χ1v) is 11.9. The summed E-state index contributed by atoms with van der Waals surface area (Å²) in [7, 11) is 0. The Labute approximate surface area is 203 Å². The molecule has 0 atom stereocenters. The van der Waals surface area contributed by atoms with Crippen molar-refractivity contribution >= 4 is 41.4 Å². The molecule has 192 valence electrons. The van der Waals surface area contributed by atoms with E-state index in [1.807, 2.05) is 0 Å². The molecule has 0 unspecified atom stereocenters. The number of carbonyl (C=O) groups excluding carboxylic acids is 7. The predicted octanol–water partition coefficient (Wildman–Crippen LogP) is 0.262. The molecule has 2 rings (SSSR count). The summed E-state index contributed by atoms with van der Waals surface area (Å²) in [6.07, 6.45) is 7.09. The summed E-state index contributed by atoms with van der Waals surface area (Å²) in [4.78, 5) is 86.7. The van der Waals surface area contributed by atoms with Gasteiger partial charge >= 0.3 is 5.97 Å². The number of hydrogen-bond acceptors (Lipinski definition) is 8. The van der Waals surface area contributed by atoms with E-state index in [0.717, 1.165) is 11.3 Å². The molecule has 2 N–H and O–H groups in total. The van der Waals surface area contributed by atoms with Crippen LogP contribution in [0, 0.1) is 0 Å². The lowest BCUT2D eigenvalue weighted by molar-refractivity contribution is -0.197. The van der Waals surface area contributed by atoms with Crippen LogP contribution < -0.4 is 10.6 Å². The summed E-state index contributed by atoms with van der Waals surface area (Å²) in [5.41, 5.74) is 0. The van der Waals surface area contributed by atoms with E-state index in [9.17, 15) is 33.6 Å². The van der Waals surface area contributed by atoms with Crippen LogP contribution in [0.25, 0.3) is 0 Å². The van der Waals surface area contributed by atoms with Gasteiger partial charge in [-0.15, -0.1) is 5.06 Å². The minimum atomic E-state index is -0.622. The first kappa shape index (κ1) is 27.7. The smallest absolute Gasteiger partial charge is 0.333 e. The quantitative estimate of drug-likeness (QED) is 0.229. The van der Waals surface area contributed by atoms with Crippen molar-refractivity contribution < 1.29 is 38.4 Å². The maximum Gasteiger partial charge on any atom is 0.333 e. The lowest BCUT2D eigenvalue weighted by atomic mass is 10.1. The summed E-state index contributed by atoms with van der Waals surface area (Å²) >= 11 is 0. The highest BCUT2D eigenvalue weighted by Gasteiger charge is 2.32. The number of hydroxylamine groups is 2. The van der Waals surface area contributed by atoms with Crippen molar-refractivity contribution in [2.75, 3.05) is 19.6 Å². The van der Waals surface area contributed by atoms with E-state index >= 15 is 0 Å². The summed E-state index contributed by atoms with van der Waals surface area (Å²) in [6.45, 7) is 1.01. The normalized spacial score (nSPS) is 15.2. The van der Waals surface area contributed by atoms with Gasteiger partial charge in [-0.2, -0.15) is 0 Å². The van der Waals surface area contributed by atoms with E-state index < -0.39 is 29.6 Å². The van der Waals surface area contributed by atoms with E-state index in [1.165, 1.54) is 12.2 Å². The molecule has 0 aliphatic carbocycles. The second-order valence-corrected chi connectivity index (χ2v) is 8.28. The van der Waals surface area contributed by atoms with Crippen molar-refractivity contribution in [3.63, 3.8) is 0 Å². The van der Waals surface area contributed by atoms with E-state index in [2.05, 4.69) is 10.6 Å². The van der Waals surface area contributed by atoms with Gasteiger partial charge in [-0.05, 0) is 25.7 Å². The van der Waals surface area contributed by atoms with E-state index in [1.54, 1.807) is 0 Å². The fourth-order valence-corrected chi connectivity index (χ4v) is 3.46. The number of imide groups is 2. The largest absolute Gasteiger partial charge is 0.356 e. The van der Waals surface area contributed by atoms with Crippen LogP contribution in [0.1, 0.15) is 70.6 Å². The molecule has 0 radical (unpaired) electrons. The van der Waals surface area contributed by atoms with Gasteiger partial charge < -0.3 is 15.5 Å². The highest BCUT2D eigenvalue weighted by atomic mass is 16.7. The van der Waals surface area contributed by atoms with Crippen molar-refractivity contribution in [2.24, 2.45) is 0 Å². The number of nitrogens with zero attached hydrogens (tertiary/aromatic N) is 2. The minimum absolute atomic E-state index is 0.0561. The topological polar surface area (TPSA) is 159 Å². The minimum Gasteiger partial charge on any atom is -0.356 e. The molecule has 1 fully saturated rings. The Kier molecular flexibility index (Phi) is 11.6. The van der Waals surface area contributed by atoms with Gasteiger partial charge in [0.25, 0.3) is 23.6 Å². The van der Waals surface area contributed by atoms with Crippen LogP contribution in [0.3, 0.4) is 0 Å². The van der Waals surface area contributed by atoms with Crippen molar-refractivity contribution in [3.05, 3.63) is 12.2 Å². The van der Waals surface area contributed by atoms with Crippen LogP contribution in [0.15, 0.2) is 12.2 Å². The molecule has 2 aliphatic heterocycles. The summed E-state index contributed by atoms with van der Waals surface area (Å²) in [5.74, 6) is -2.73. The van der Waals surface area contributed by atoms with Gasteiger partial charge in [0.1, 0.15) is 0 Å². The highest BCUT2D eigenvalue weighted by molar-refractivity contribution is 6.13. The Morgan fingerprint density at radius 1 is 0.714 bits per heavy atom. The zero-order valence-electron chi connectivity index (χ0n) is 19.7. The molecule has 12 heteroatoms. The van der Waals surface area contributed by atoms with Gasteiger partial charge in [-0.25, -0.2) is 4.79 Å². The number of carbonyl (C=O) groups is 7. The van der Waals surface area contributed by atoms with E-state index in [-0.39, 0.29) is 44.0 Å². The Morgan fingerprint density at radius 3 is 1.80 bits per heavy atom. The Balaban J connectivity index is 1.37. The Morgan fingerprint density at radius 2 is 1.23 bits per heavy atom. The zero-order valence-corrected chi connectivity index (χ0v) is 19.7. The average molecular weight is 493 g/mol. The molecular weight excluding hydrogens is 460 g/mol. The van der Waals surface area contributed by atoms with Crippen molar-refractivity contribution in [1.82, 2.24) is 20.6 Å². The van der Waals surface area contributed by atoms with E-state index in [4.69, 9.17) is 4.84 Å². The van der Waals surface area contributed by atoms with Crippen LogP contribution in [0.4, 0.5) is 0 Å². The molecule has 0 saturated carbocycles. The number of nitrogens with one attached hydrogen (secondary N) is 2. The molecule has 0 aromatic heterocycles. The van der Waals surface area contributed by atoms with Crippen LogP contribution >= 0.6 is 0 Å². The van der Waals surface area contributed by atoms with Gasteiger partial charge in [0.15, 0.2) is 0 Å². The first-order valence-electron chi connectivity index (χ1n) is 11.9. The highest BCUT2D eigenvalue weighted by Crippen LogP contribution is 2.13. The lowest BCUT2D eigenvalue weighted by Crippen LogP contribution is -2.34. The van der Waals surface area contributed by atoms with Crippen molar-refractivity contribution in [3.8, 4) is 0 Å². The fourth-order valence-electron chi connectivity index (χ4n) is 3.46.